The Bertz CT molecular complexity index is 826. The van der Waals surface area contributed by atoms with Crippen LogP contribution in [0, 0.1) is 5.82 Å². The summed E-state index contributed by atoms with van der Waals surface area (Å²) < 4.78 is 33.8. The molecule has 8 heteroatoms. The molecule has 2 aromatic carbocycles. The Balaban J connectivity index is 1.83. The van der Waals surface area contributed by atoms with Crippen molar-refractivity contribution in [2.24, 2.45) is 0 Å². The number of halogens is 1. The largest absolute Gasteiger partial charge is 0.497 e. The zero-order valence-electron chi connectivity index (χ0n) is 15.9. The predicted octanol–water partition coefficient (Wildman–Crippen LogP) is 2.64. The highest BCUT2D eigenvalue weighted by Crippen LogP contribution is 2.29. The van der Waals surface area contributed by atoms with Gasteiger partial charge < -0.3 is 24.3 Å². The van der Waals surface area contributed by atoms with Crippen LogP contribution in [0.25, 0.3) is 0 Å². The van der Waals surface area contributed by atoms with Crippen molar-refractivity contribution in [2.45, 2.75) is 13.0 Å². The fourth-order valence-corrected chi connectivity index (χ4v) is 2.42. The van der Waals surface area contributed by atoms with Gasteiger partial charge >= 0.3 is 5.97 Å². The van der Waals surface area contributed by atoms with Gasteiger partial charge in [0.2, 0.25) is 0 Å². The summed E-state index contributed by atoms with van der Waals surface area (Å²) in [6, 6.07) is 10.5. The fourth-order valence-electron chi connectivity index (χ4n) is 2.42. The van der Waals surface area contributed by atoms with Crippen molar-refractivity contribution in [2.75, 3.05) is 27.4 Å². The van der Waals surface area contributed by atoms with Gasteiger partial charge in [-0.15, -0.1) is 0 Å². The van der Waals surface area contributed by atoms with Crippen molar-refractivity contribution in [1.29, 1.82) is 0 Å². The van der Waals surface area contributed by atoms with E-state index in [-0.39, 0.29) is 5.75 Å². The normalized spacial score (nSPS) is 11.3. The summed E-state index contributed by atoms with van der Waals surface area (Å²) >= 11 is 0. The van der Waals surface area contributed by atoms with Crippen LogP contribution in [0.3, 0.4) is 0 Å². The second-order valence-electron chi connectivity index (χ2n) is 5.78. The number of hydrogen-bond acceptors (Lipinski definition) is 6. The first-order chi connectivity index (χ1) is 13.4. The summed E-state index contributed by atoms with van der Waals surface area (Å²) in [5, 5.41) is 2.71. The molecule has 0 saturated carbocycles. The zero-order valence-corrected chi connectivity index (χ0v) is 15.9. The lowest BCUT2D eigenvalue weighted by atomic mass is 10.1. The van der Waals surface area contributed by atoms with Gasteiger partial charge in [-0.05, 0) is 37.3 Å². The highest BCUT2D eigenvalue weighted by Gasteiger charge is 2.16. The summed E-state index contributed by atoms with van der Waals surface area (Å²) in [5.41, 5.74) is 0.712. The lowest BCUT2D eigenvalue weighted by Gasteiger charge is -2.18. The van der Waals surface area contributed by atoms with Crippen molar-refractivity contribution in [3.8, 4) is 17.2 Å². The fraction of sp³-hybridized carbons (Fsp3) is 0.300. The zero-order chi connectivity index (χ0) is 20.5. The molecule has 0 aromatic heterocycles. The summed E-state index contributed by atoms with van der Waals surface area (Å²) in [4.78, 5) is 23.7. The van der Waals surface area contributed by atoms with Crippen molar-refractivity contribution < 1.29 is 32.9 Å². The molecule has 0 bridgehead atoms. The quantitative estimate of drug-likeness (QED) is 0.662. The van der Waals surface area contributed by atoms with Crippen LogP contribution in [0.4, 0.5) is 4.39 Å². The number of esters is 1. The minimum Gasteiger partial charge on any atom is -0.497 e. The molecule has 1 N–H and O–H groups in total. The molecule has 0 aliphatic carbocycles. The van der Waals surface area contributed by atoms with Crippen LogP contribution in [-0.2, 0) is 14.3 Å². The lowest BCUT2D eigenvalue weighted by Crippen LogP contribution is -2.32. The first-order valence-corrected chi connectivity index (χ1v) is 8.48. The second-order valence-corrected chi connectivity index (χ2v) is 5.78. The summed E-state index contributed by atoms with van der Waals surface area (Å²) in [7, 11) is 3.06. The van der Waals surface area contributed by atoms with Gasteiger partial charge in [0.05, 0.1) is 20.3 Å². The van der Waals surface area contributed by atoms with Crippen LogP contribution in [0.2, 0.25) is 0 Å². The van der Waals surface area contributed by atoms with E-state index in [1.54, 1.807) is 31.2 Å². The standard InChI is InChI=1S/C20H22FNO6/c1-13(15-10-14(25-2)8-9-17(15)26-3)22-19(23)11-28-20(24)12-27-18-7-5-4-6-16(18)21/h4-10,13H,11-12H2,1-3H3,(H,22,23)/t13-/m1/s1. The van der Waals surface area contributed by atoms with E-state index in [4.69, 9.17) is 18.9 Å². The van der Waals surface area contributed by atoms with E-state index in [2.05, 4.69) is 5.32 Å². The highest BCUT2D eigenvalue weighted by atomic mass is 19.1. The Hall–Kier alpha value is -3.29. The van der Waals surface area contributed by atoms with Crippen LogP contribution < -0.4 is 19.5 Å². The van der Waals surface area contributed by atoms with Gasteiger partial charge in [-0.1, -0.05) is 12.1 Å². The maximum Gasteiger partial charge on any atom is 0.344 e. The van der Waals surface area contributed by atoms with Gasteiger partial charge in [-0.2, -0.15) is 0 Å². The Morgan fingerprint density at radius 1 is 1.04 bits per heavy atom. The topological polar surface area (TPSA) is 83.1 Å². The van der Waals surface area contributed by atoms with Crippen LogP contribution in [0.1, 0.15) is 18.5 Å². The number of para-hydroxylation sites is 1. The number of rotatable bonds is 9. The van der Waals surface area contributed by atoms with Crippen LogP contribution in [0.5, 0.6) is 17.2 Å². The summed E-state index contributed by atoms with van der Waals surface area (Å²) in [6.07, 6.45) is 0. The Labute approximate surface area is 162 Å². The average molecular weight is 391 g/mol. The van der Waals surface area contributed by atoms with Gasteiger partial charge in [0.25, 0.3) is 5.91 Å². The first-order valence-electron chi connectivity index (χ1n) is 8.48. The van der Waals surface area contributed by atoms with Crippen molar-refractivity contribution in [3.05, 3.63) is 53.8 Å². The van der Waals surface area contributed by atoms with Gasteiger partial charge in [0.15, 0.2) is 24.8 Å². The summed E-state index contributed by atoms with van der Waals surface area (Å²) in [6.45, 7) is 0.766. The second kappa shape index (κ2) is 10.1. The number of carbonyl (C=O) groups excluding carboxylic acids is 2. The Morgan fingerprint density at radius 3 is 2.46 bits per heavy atom. The minimum atomic E-state index is -0.787. The van der Waals surface area contributed by atoms with E-state index in [0.29, 0.717) is 17.1 Å². The van der Waals surface area contributed by atoms with Crippen molar-refractivity contribution in [3.63, 3.8) is 0 Å². The molecule has 0 saturated heterocycles. The average Bonchev–Trinajstić information content (AvgIpc) is 2.71. The van der Waals surface area contributed by atoms with E-state index in [1.165, 1.54) is 32.4 Å². The number of carbonyl (C=O) groups is 2. The number of hydrogen-bond donors (Lipinski definition) is 1. The van der Waals surface area contributed by atoms with E-state index in [1.807, 2.05) is 0 Å². The van der Waals surface area contributed by atoms with E-state index in [0.717, 1.165) is 0 Å². The molecule has 0 spiro atoms. The van der Waals surface area contributed by atoms with Crippen molar-refractivity contribution >= 4 is 11.9 Å². The van der Waals surface area contributed by atoms with E-state index in [9.17, 15) is 14.0 Å². The number of nitrogens with one attached hydrogen (secondary N) is 1. The van der Waals surface area contributed by atoms with Gasteiger partial charge in [0, 0.05) is 5.56 Å². The Kier molecular flexibility index (Phi) is 7.62. The molecule has 2 rings (SSSR count). The van der Waals surface area contributed by atoms with Crippen LogP contribution in [-0.4, -0.2) is 39.3 Å². The molecule has 0 unspecified atom stereocenters. The number of benzene rings is 2. The van der Waals surface area contributed by atoms with Gasteiger partial charge in [-0.3, -0.25) is 4.79 Å². The third-order valence-electron chi connectivity index (χ3n) is 3.83. The Morgan fingerprint density at radius 2 is 1.79 bits per heavy atom. The lowest BCUT2D eigenvalue weighted by molar-refractivity contribution is -0.150. The molecule has 0 radical (unpaired) electrons. The molecule has 0 heterocycles. The molecular formula is C20H22FNO6. The predicted molar refractivity (Wildman–Crippen MR) is 99.0 cm³/mol. The molecule has 0 fully saturated rings. The van der Waals surface area contributed by atoms with Gasteiger partial charge in [0.1, 0.15) is 11.5 Å². The highest BCUT2D eigenvalue weighted by molar-refractivity contribution is 5.81. The SMILES string of the molecule is COc1ccc(OC)c([C@@H](C)NC(=O)COC(=O)COc2ccccc2F)c1. The molecule has 1 amide bonds. The first kappa shape index (κ1) is 21.0. The monoisotopic (exact) mass is 391 g/mol. The molecular weight excluding hydrogens is 369 g/mol. The molecule has 150 valence electrons. The third-order valence-corrected chi connectivity index (χ3v) is 3.83. The maximum absolute atomic E-state index is 13.4. The van der Waals surface area contributed by atoms with E-state index >= 15 is 0 Å². The molecule has 28 heavy (non-hydrogen) atoms. The van der Waals surface area contributed by atoms with Crippen molar-refractivity contribution in [1.82, 2.24) is 5.32 Å². The van der Waals surface area contributed by atoms with Crippen LogP contribution >= 0.6 is 0 Å². The molecule has 7 nitrogen and oxygen atoms in total. The smallest absolute Gasteiger partial charge is 0.344 e. The minimum absolute atomic E-state index is 0.0670. The van der Waals surface area contributed by atoms with Gasteiger partial charge in [-0.25, -0.2) is 9.18 Å². The molecule has 1 atom stereocenters. The maximum atomic E-state index is 13.4. The van der Waals surface area contributed by atoms with E-state index < -0.39 is 36.9 Å². The third kappa shape index (κ3) is 5.87. The number of methoxy groups -OCH3 is 2. The molecule has 0 aliphatic rings. The van der Waals surface area contributed by atoms with Crippen LogP contribution in [0.15, 0.2) is 42.5 Å². The summed E-state index contributed by atoms with van der Waals surface area (Å²) in [5.74, 6) is -0.740. The molecule has 0 aliphatic heterocycles. The molecule has 2 aromatic rings. The number of amides is 1. The number of ether oxygens (including phenoxy) is 4.